The van der Waals surface area contributed by atoms with Gasteiger partial charge in [0.15, 0.2) is 5.78 Å². The Bertz CT molecular complexity index is 1040. The first-order valence-electron chi connectivity index (χ1n) is 7.14. The monoisotopic (exact) mass is 336 g/mol. The zero-order valence-corrected chi connectivity index (χ0v) is 12.4. The average molecular weight is 336 g/mol. The third kappa shape index (κ3) is 2.01. The lowest BCUT2D eigenvalue weighted by Gasteiger charge is -2.04. The molecule has 0 saturated carbocycles. The van der Waals surface area contributed by atoms with Crippen LogP contribution in [0.4, 0.5) is 0 Å². The lowest BCUT2D eigenvalue weighted by Crippen LogP contribution is -2.25. The van der Waals surface area contributed by atoms with Gasteiger partial charge >= 0.3 is 0 Å². The minimum Gasteiger partial charge on any atom is -0.289 e. The van der Waals surface area contributed by atoms with Crippen LogP contribution in [0.3, 0.4) is 0 Å². The van der Waals surface area contributed by atoms with Crippen molar-refractivity contribution in [1.29, 1.82) is 0 Å². The van der Waals surface area contributed by atoms with Crippen molar-refractivity contribution in [2.24, 2.45) is 0 Å². The molecular formula is C17H8N2O6. The second-order valence-electron chi connectivity index (χ2n) is 5.56. The highest BCUT2D eigenvalue weighted by Crippen LogP contribution is 2.25. The molecule has 4 rings (SSSR count). The summed E-state index contributed by atoms with van der Waals surface area (Å²) in [6.07, 6.45) is 0. The molecule has 2 aromatic carbocycles. The van der Waals surface area contributed by atoms with Gasteiger partial charge in [0, 0.05) is 11.1 Å². The third-order valence-corrected chi connectivity index (χ3v) is 4.13. The first-order valence-corrected chi connectivity index (χ1v) is 7.14. The van der Waals surface area contributed by atoms with Crippen molar-refractivity contribution in [3.05, 3.63) is 69.8 Å². The van der Waals surface area contributed by atoms with E-state index in [4.69, 9.17) is 0 Å². The molecule has 0 aliphatic carbocycles. The van der Waals surface area contributed by atoms with Crippen molar-refractivity contribution in [1.82, 2.24) is 10.4 Å². The highest BCUT2D eigenvalue weighted by molar-refractivity contribution is 6.24. The summed E-state index contributed by atoms with van der Waals surface area (Å²) >= 11 is 0. The number of amides is 4. The number of fused-ring (bicyclic) bond motifs is 2. The molecule has 0 spiro atoms. The molecule has 2 N–H and O–H groups in total. The summed E-state index contributed by atoms with van der Waals surface area (Å²) in [6.45, 7) is 0. The van der Waals surface area contributed by atoms with E-state index in [2.05, 4.69) is 5.32 Å². The van der Waals surface area contributed by atoms with Crippen LogP contribution in [-0.4, -0.2) is 39.7 Å². The number of nitrogens with zero attached hydrogens (tertiary/aromatic N) is 1. The van der Waals surface area contributed by atoms with E-state index in [-0.39, 0.29) is 38.4 Å². The van der Waals surface area contributed by atoms with Crippen LogP contribution in [0.15, 0.2) is 36.4 Å². The van der Waals surface area contributed by atoms with E-state index in [1.807, 2.05) is 0 Å². The minimum atomic E-state index is -0.909. The number of nitrogens with one attached hydrogen (secondary N) is 1. The quantitative estimate of drug-likeness (QED) is 0.475. The van der Waals surface area contributed by atoms with Crippen molar-refractivity contribution in [2.75, 3.05) is 0 Å². The maximum atomic E-state index is 12.6. The van der Waals surface area contributed by atoms with Crippen LogP contribution in [-0.2, 0) is 0 Å². The van der Waals surface area contributed by atoms with Crippen molar-refractivity contribution in [2.45, 2.75) is 0 Å². The van der Waals surface area contributed by atoms with Crippen molar-refractivity contribution in [3.63, 3.8) is 0 Å². The smallest absolute Gasteiger partial charge is 0.285 e. The minimum absolute atomic E-state index is 0.00276. The number of hydroxylamine groups is 2. The maximum Gasteiger partial charge on any atom is 0.285 e. The van der Waals surface area contributed by atoms with E-state index in [9.17, 15) is 29.2 Å². The Morgan fingerprint density at radius 1 is 0.760 bits per heavy atom. The van der Waals surface area contributed by atoms with E-state index in [0.29, 0.717) is 0 Å². The van der Waals surface area contributed by atoms with Crippen LogP contribution in [0.5, 0.6) is 0 Å². The van der Waals surface area contributed by atoms with E-state index in [1.165, 1.54) is 36.4 Å². The summed E-state index contributed by atoms with van der Waals surface area (Å²) in [5.74, 6) is -3.36. The van der Waals surface area contributed by atoms with Gasteiger partial charge in [-0.1, -0.05) is 12.1 Å². The van der Waals surface area contributed by atoms with Gasteiger partial charge < -0.3 is 0 Å². The summed E-state index contributed by atoms with van der Waals surface area (Å²) in [5.41, 5.74) is 0.480. The highest BCUT2D eigenvalue weighted by atomic mass is 16.5. The molecule has 0 saturated heterocycles. The second kappa shape index (κ2) is 4.92. The molecule has 2 aromatic rings. The van der Waals surface area contributed by atoms with Gasteiger partial charge in [-0.15, -0.1) is 5.06 Å². The molecule has 0 bridgehead atoms. The fourth-order valence-corrected chi connectivity index (χ4v) is 2.85. The molecule has 8 heteroatoms. The molecule has 0 atom stereocenters. The molecule has 8 nitrogen and oxygen atoms in total. The largest absolute Gasteiger partial charge is 0.289 e. The van der Waals surface area contributed by atoms with Crippen LogP contribution in [0, 0.1) is 0 Å². The average Bonchev–Trinajstić information content (AvgIpc) is 3.02. The summed E-state index contributed by atoms with van der Waals surface area (Å²) in [6, 6.07) is 7.92. The van der Waals surface area contributed by atoms with E-state index >= 15 is 0 Å². The van der Waals surface area contributed by atoms with Gasteiger partial charge in [-0.05, 0) is 24.3 Å². The lowest BCUT2D eigenvalue weighted by atomic mass is 9.96. The molecule has 2 heterocycles. The normalized spacial score (nSPS) is 15.3. The number of imide groups is 2. The Hall–Kier alpha value is -3.65. The summed E-state index contributed by atoms with van der Waals surface area (Å²) in [4.78, 5) is 59.3. The van der Waals surface area contributed by atoms with Gasteiger partial charge in [0.1, 0.15) is 0 Å². The van der Waals surface area contributed by atoms with Crippen molar-refractivity contribution < 1.29 is 29.2 Å². The predicted octanol–water partition coefficient (Wildman–Crippen LogP) is 0.786. The van der Waals surface area contributed by atoms with E-state index < -0.39 is 29.4 Å². The maximum absolute atomic E-state index is 12.6. The molecule has 122 valence electrons. The topological polar surface area (TPSA) is 121 Å². The first kappa shape index (κ1) is 14.9. The molecular weight excluding hydrogens is 328 g/mol. The van der Waals surface area contributed by atoms with Crippen LogP contribution >= 0.6 is 0 Å². The summed E-state index contributed by atoms with van der Waals surface area (Å²) in [5, 5.41) is 11.5. The number of hydrogen-bond donors (Lipinski definition) is 2. The van der Waals surface area contributed by atoms with Gasteiger partial charge in [0.25, 0.3) is 23.6 Å². The molecule has 2 aliphatic heterocycles. The number of rotatable bonds is 2. The van der Waals surface area contributed by atoms with Gasteiger partial charge in [0.2, 0.25) is 0 Å². The Labute approximate surface area is 139 Å². The predicted molar refractivity (Wildman–Crippen MR) is 80.4 cm³/mol. The number of hydrogen-bond acceptors (Lipinski definition) is 6. The number of benzene rings is 2. The molecule has 0 radical (unpaired) electrons. The Balaban J connectivity index is 1.75. The van der Waals surface area contributed by atoms with Crippen molar-refractivity contribution >= 4 is 29.4 Å². The first-order chi connectivity index (χ1) is 11.9. The second-order valence-corrected chi connectivity index (χ2v) is 5.56. The lowest BCUT2D eigenvalue weighted by molar-refractivity contribution is -0.0327. The molecule has 4 amide bonds. The molecule has 0 unspecified atom stereocenters. The van der Waals surface area contributed by atoms with Gasteiger partial charge in [-0.2, -0.15) is 0 Å². The highest BCUT2D eigenvalue weighted by Gasteiger charge is 2.35. The standard InChI is InChI=1S/C17H8N2O6/c20-13(7-1-3-9-11(5-7)15(22)18-14(9)21)8-2-4-10-12(6-8)17(24)19(25)16(10)23/h1-6,25H,(H,18,21,22). The Morgan fingerprint density at radius 3 is 1.96 bits per heavy atom. The van der Waals surface area contributed by atoms with Crippen molar-refractivity contribution in [3.8, 4) is 0 Å². The Morgan fingerprint density at radius 2 is 1.28 bits per heavy atom. The third-order valence-electron chi connectivity index (χ3n) is 4.13. The van der Waals surface area contributed by atoms with E-state index in [1.54, 1.807) is 0 Å². The van der Waals surface area contributed by atoms with E-state index in [0.717, 1.165) is 0 Å². The molecule has 0 fully saturated rings. The molecule has 0 aromatic heterocycles. The van der Waals surface area contributed by atoms with Gasteiger partial charge in [-0.25, -0.2) is 0 Å². The number of carbonyl (C=O) groups excluding carboxylic acids is 5. The molecule has 25 heavy (non-hydrogen) atoms. The fraction of sp³-hybridized carbons (Fsp3) is 0. The van der Waals surface area contributed by atoms with Crippen LogP contribution in [0.1, 0.15) is 57.4 Å². The fourth-order valence-electron chi connectivity index (χ4n) is 2.85. The zero-order chi connectivity index (χ0) is 17.9. The summed E-state index contributed by atoms with van der Waals surface area (Å²) in [7, 11) is 0. The van der Waals surface area contributed by atoms with Crippen LogP contribution in [0.25, 0.3) is 0 Å². The summed E-state index contributed by atoms with van der Waals surface area (Å²) < 4.78 is 0. The molecule has 2 aliphatic rings. The van der Waals surface area contributed by atoms with Crippen LogP contribution in [0.2, 0.25) is 0 Å². The Kier molecular flexibility index (Phi) is 2.94. The van der Waals surface area contributed by atoms with Gasteiger partial charge in [0.05, 0.1) is 22.3 Å². The SMILES string of the molecule is O=C(c1ccc2c(c1)C(=O)NC2=O)c1ccc2c(c1)C(=O)N(O)C2=O. The zero-order valence-electron chi connectivity index (χ0n) is 12.4. The number of ketones is 1. The van der Waals surface area contributed by atoms with Gasteiger partial charge in [-0.3, -0.25) is 34.5 Å². The van der Waals surface area contributed by atoms with Crippen LogP contribution < -0.4 is 5.32 Å². The number of carbonyl (C=O) groups is 5.